The number of hydrogen-bond donors (Lipinski definition) is 1. The predicted octanol–water partition coefficient (Wildman–Crippen LogP) is 3.53. The van der Waals surface area contributed by atoms with Crippen LogP contribution in [0.25, 0.3) is 0 Å². The van der Waals surface area contributed by atoms with Crippen LogP contribution in [0.3, 0.4) is 0 Å². The summed E-state index contributed by atoms with van der Waals surface area (Å²) in [5.74, 6) is 1.02. The van der Waals surface area contributed by atoms with Crippen LogP contribution in [0.15, 0.2) is 21.8 Å². The minimum atomic E-state index is 0. The molecule has 26 heavy (non-hydrogen) atoms. The van der Waals surface area contributed by atoms with Gasteiger partial charge < -0.3 is 19.7 Å². The fraction of sp³-hybridized carbons (Fsp3) is 0.737. The molecule has 5 nitrogen and oxygen atoms in total. The van der Waals surface area contributed by atoms with Crippen LogP contribution in [0.4, 0.5) is 0 Å². The third-order valence-electron chi connectivity index (χ3n) is 5.02. The Balaban J connectivity index is 0.00000243. The van der Waals surface area contributed by atoms with E-state index >= 15 is 0 Å². The van der Waals surface area contributed by atoms with Crippen LogP contribution >= 0.6 is 35.3 Å². The summed E-state index contributed by atoms with van der Waals surface area (Å²) in [5.41, 5.74) is 1.39. The van der Waals surface area contributed by atoms with Gasteiger partial charge in [0.05, 0.1) is 18.8 Å². The molecule has 0 saturated carbocycles. The van der Waals surface area contributed by atoms with Gasteiger partial charge in [0.2, 0.25) is 0 Å². The van der Waals surface area contributed by atoms with Gasteiger partial charge in [-0.3, -0.25) is 4.99 Å². The van der Waals surface area contributed by atoms with Crippen molar-refractivity contribution < 1.29 is 9.47 Å². The van der Waals surface area contributed by atoms with Crippen molar-refractivity contribution in [2.75, 3.05) is 39.9 Å². The van der Waals surface area contributed by atoms with Crippen molar-refractivity contribution in [2.45, 2.75) is 50.7 Å². The molecule has 1 aromatic rings. The first-order valence-electron chi connectivity index (χ1n) is 9.55. The van der Waals surface area contributed by atoms with E-state index in [9.17, 15) is 0 Å². The van der Waals surface area contributed by atoms with Crippen molar-refractivity contribution >= 4 is 41.3 Å². The van der Waals surface area contributed by atoms with Crippen LogP contribution in [0.5, 0.6) is 0 Å². The van der Waals surface area contributed by atoms with Gasteiger partial charge in [0.25, 0.3) is 0 Å². The molecule has 1 N–H and O–H groups in total. The summed E-state index contributed by atoms with van der Waals surface area (Å²) in [5, 5.41) is 7.84. The van der Waals surface area contributed by atoms with Crippen LogP contribution in [0.2, 0.25) is 0 Å². The van der Waals surface area contributed by atoms with Gasteiger partial charge in [-0.05, 0) is 60.9 Å². The summed E-state index contributed by atoms with van der Waals surface area (Å²) < 4.78 is 11.9. The summed E-state index contributed by atoms with van der Waals surface area (Å²) in [4.78, 5) is 6.80. The van der Waals surface area contributed by atoms with Gasteiger partial charge in [-0.15, -0.1) is 24.0 Å². The van der Waals surface area contributed by atoms with Crippen LogP contribution in [-0.4, -0.2) is 63.0 Å². The molecular formula is C19H32IN3O2S. The lowest BCUT2D eigenvalue weighted by Gasteiger charge is -2.35. The number of hydrogen-bond acceptors (Lipinski definition) is 4. The van der Waals surface area contributed by atoms with E-state index in [-0.39, 0.29) is 24.0 Å². The van der Waals surface area contributed by atoms with Crippen LogP contribution in [0.1, 0.15) is 37.7 Å². The van der Waals surface area contributed by atoms with E-state index in [1.807, 2.05) is 7.05 Å². The largest absolute Gasteiger partial charge is 0.376 e. The molecule has 148 valence electrons. The highest BCUT2D eigenvalue weighted by Gasteiger charge is 2.23. The molecule has 2 aliphatic rings. The van der Waals surface area contributed by atoms with Crippen molar-refractivity contribution in [3.05, 3.63) is 22.4 Å². The molecule has 3 heterocycles. The van der Waals surface area contributed by atoms with Crippen molar-refractivity contribution in [3.8, 4) is 0 Å². The van der Waals surface area contributed by atoms with Crippen LogP contribution in [-0.2, 0) is 15.9 Å². The zero-order chi connectivity index (χ0) is 17.3. The van der Waals surface area contributed by atoms with Gasteiger partial charge >= 0.3 is 0 Å². The number of ether oxygens (including phenoxy) is 2. The van der Waals surface area contributed by atoms with Gasteiger partial charge in [0.1, 0.15) is 0 Å². The molecule has 1 atom stereocenters. The van der Waals surface area contributed by atoms with Crippen LogP contribution < -0.4 is 5.32 Å². The average Bonchev–Trinajstić information content (AvgIpc) is 3.18. The first-order chi connectivity index (χ1) is 12.3. The molecule has 0 spiro atoms. The number of nitrogens with one attached hydrogen (secondary N) is 1. The zero-order valence-corrected chi connectivity index (χ0v) is 18.8. The summed E-state index contributed by atoms with van der Waals surface area (Å²) in [7, 11) is 1.87. The molecular weight excluding hydrogens is 461 g/mol. The second kappa shape index (κ2) is 12.2. The Morgan fingerprint density at radius 1 is 1.35 bits per heavy atom. The maximum atomic E-state index is 6.10. The third-order valence-corrected chi connectivity index (χ3v) is 5.75. The Labute approximate surface area is 178 Å². The number of thiophene rings is 1. The van der Waals surface area contributed by atoms with Gasteiger partial charge in [-0.1, -0.05) is 0 Å². The van der Waals surface area contributed by atoms with Crippen molar-refractivity contribution in [1.29, 1.82) is 0 Å². The molecule has 0 aliphatic carbocycles. The molecule has 7 heteroatoms. The minimum absolute atomic E-state index is 0. The predicted molar refractivity (Wildman–Crippen MR) is 119 cm³/mol. The molecule has 0 amide bonds. The number of piperidine rings is 1. The fourth-order valence-electron chi connectivity index (χ4n) is 3.50. The summed E-state index contributed by atoms with van der Waals surface area (Å²) in [6.07, 6.45) is 7.50. The standard InChI is InChI=1S/C19H31N3O2S.HI/c1-20-19(21-9-5-16-8-13-25-15-16)22-10-6-17(7-11-22)24-14-18-4-2-3-12-23-18;/h8,13,15,17-18H,2-7,9-12,14H2,1H3,(H,20,21);1H. The molecule has 0 bridgehead atoms. The third kappa shape index (κ3) is 6.98. The summed E-state index contributed by atoms with van der Waals surface area (Å²) >= 11 is 1.76. The minimum Gasteiger partial charge on any atom is -0.376 e. The zero-order valence-electron chi connectivity index (χ0n) is 15.7. The number of rotatable bonds is 6. The number of nitrogens with zero attached hydrogens (tertiary/aromatic N) is 2. The molecule has 1 unspecified atom stereocenters. The Morgan fingerprint density at radius 3 is 2.85 bits per heavy atom. The van der Waals surface area contributed by atoms with E-state index < -0.39 is 0 Å². The fourth-order valence-corrected chi connectivity index (χ4v) is 4.21. The highest BCUT2D eigenvalue weighted by Crippen LogP contribution is 2.18. The van der Waals surface area contributed by atoms with E-state index in [0.717, 1.165) is 64.5 Å². The lowest BCUT2D eigenvalue weighted by Crippen LogP contribution is -2.47. The lowest BCUT2D eigenvalue weighted by atomic mass is 10.1. The van der Waals surface area contributed by atoms with Gasteiger partial charge in [0.15, 0.2) is 5.96 Å². The molecule has 3 rings (SSSR count). The summed E-state index contributed by atoms with van der Waals surface area (Å²) in [6.45, 7) is 4.61. The number of guanidine groups is 1. The molecule has 2 saturated heterocycles. The Bertz CT molecular complexity index is 513. The number of aliphatic imine (C=N–C) groups is 1. The number of halogens is 1. The molecule has 0 aromatic carbocycles. The van der Waals surface area contributed by atoms with Gasteiger partial charge in [-0.25, -0.2) is 0 Å². The second-order valence-electron chi connectivity index (χ2n) is 6.86. The van der Waals surface area contributed by atoms with Crippen molar-refractivity contribution in [3.63, 3.8) is 0 Å². The Morgan fingerprint density at radius 2 is 2.19 bits per heavy atom. The smallest absolute Gasteiger partial charge is 0.193 e. The maximum absolute atomic E-state index is 6.10. The van der Waals surface area contributed by atoms with Crippen LogP contribution in [0, 0.1) is 0 Å². The molecule has 2 aliphatic heterocycles. The molecule has 1 aromatic heterocycles. The lowest BCUT2D eigenvalue weighted by molar-refractivity contribution is -0.0721. The van der Waals surface area contributed by atoms with E-state index in [0.29, 0.717) is 12.2 Å². The Kier molecular flexibility index (Phi) is 10.2. The van der Waals surface area contributed by atoms with Gasteiger partial charge in [0, 0.05) is 33.3 Å². The van der Waals surface area contributed by atoms with E-state index in [2.05, 4.69) is 32.0 Å². The topological polar surface area (TPSA) is 46.1 Å². The average molecular weight is 493 g/mol. The maximum Gasteiger partial charge on any atom is 0.193 e. The number of likely N-dealkylation sites (tertiary alicyclic amines) is 1. The highest BCUT2D eigenvalue weighted by molar-refractivity contribution is 14.0. The normalized spacial score (nSPS) is 22.1. The van der Waals surface area contributed by atoms with Gasteiger partial charge in [-0.2, -0.15) is 11.3 Å². The highest BCUT2D eigenvalue weighted by atomic mass is 127. The van der Waals surface area contributed by atoms with E-state index in [1.54, 1.807) is 11.3 Å². The van der Waals surface area contributed by atoms with Crippen molar-refractivity contribution in [1.82, 2.24) is 10.2 Å². The van der Waals surface area contributed by atoms with E-state index in [4.69, 9.17) is 9.47 Å². The quantitative estimate of drug-likeness (QED) is 0.374. The Hall–Kier alpha value is -0.380. The summed E-state index contributed by atoms with van der Waals surface area (Å²) in [6, 6.07) is 2.19. The SMILES string of the molecule is CN=C(NCCc1ccsc1)N1CCC(OCC2CCCCO2)CC1.I. The second-order valence-corrected chi connectivity index (χ2v) is 7.64. The first-order valence-corrected chi connectivity index (χ1v) is 10.5. The first kappa shape index (κ1) is 21.9. The van der Waals surface area contributed by atoms with Crippen molar-refractivity contribution in [2.24, 2.45) is 4.99 Å². The van der Waals surface area contributed by atoms with E-state index in [1.165, 1.54) is 18.4 Å². The monoisotopic (exact) mass is 493 g/mol. The molecule has 0 radical (unpaired) electrons. The molecule has 2 fully saturated rings.